The smallest absolute Gasteiger partial charge is 0.251 e. The first-order valence-electron chi connectivity index (χ1n) is 4.86. The van der Waals surface area contributed by atoms with Gasteiger partial charge in [0.25, 0.3) is 5.91 Å². The molecule has 0 fully saturated rings. The maximum absolute atomic E-state index is 11.6. The molecule has 0 saturated carbocycles. The van der Waals surface area contributed by atoms with Gasteiger partial charge in [-0.1, -0.05) is 0 Å². The molecule has 1 amide bonds. The fourth-order valence-corrected chi connectivity index (χ4v) is 1.37. The van der Waals surface area contributed by atoms with Gasteiger partial charge in [-0.05, 0) is 18.2 Å². The second-order valence-corrected chi connectivity index (χ2v) is 3.23. The van der Waals surface area contributed by atoms with E-state index in [1.54, 1.807) is 18.2 Å². The monoisotopic (exact) mass is 218 g/mol. The van der Waals surface area contributed by atoms with Gasteiger partial charge in [0.1, 0.15) is 0 Å². The summed E-state index contributed by atoms with van der Waals surface area (Å²) in [4.78, 5) is 11.6. The second-order valence-electron chi connectivity index (χ2n) is 3.23. The SMILES string of the molecule is N#CCCNC(=O)c1ccc2c(c1)OCO2. The Balaban J connectivity index is 2.04. The lowest BCUT2D eigenvalue weighted by atomic mass is 10.2. The highest BCUT2D eigenvalue weighted by molar-refractivity contribution is 5.94. The van der Waals surface area contributed by atoms with Crippen LogP contribution in [-0.4, -0.2) is 19.2 Å². The first kappa shape index (κ1) is 10.3. The van der Waals surface area contributed by atoms with E-state index < -0.39 is 0 Å². The molecular weight excluding hydrogens is 208 g/mol. The molecule has 1 aromatic carbocycles. The molecule has 2 rings (SSSR count). The summed E-state index contributed by atoms with van der Waals surface area (Å²) in [7, 11) is 0. The number of carbonyl (C=O) groups is 1. The summed E-state index contributed by atoms with van der Waals surface area (Å²) in [5.41, 5.74) is 0.502. The highest BCUT2D eigenvalue weighted by atomic mass is 16.7. The predicted octanol–water partition coefficient (Wildman–Crippen LogP) is 1.06. The number of ether oxygens (including phenoxy) is 2. The van der Waals surface area contributed by atoms with E-state index in [2.05, 4.69) is 5.32 Å². The Bertz CT molecular complexity index is 451. The van der Waals surface area contributed by atoms with Crippen molar-refractivity contribution in [2.24, 2.45) is 0 Å². The largest absolute Gasteiger partial charge is 0.454 e. The van der Waals surface area contributed by atoms with E-state index in [4.69, 9.17) is 14.7 Å². The van der Waals surface area contributed by atoms with Crippen molar-refractivity contribution < 1.29 is 14.3 Å². The minimum absolute atomic E-state index is 0.189. The van der Waals surface area contributed by atoms with Crippen LogP contribution in [0.1, 0.15) is 16.8 Å². The van der Waals surface area contributed by atoms with Gasteiger partial charge >= 0.3 is 0 Å². The summed E-state index contributed by atoms with van der Waals surface area (Å²) >= 11 is 0. The minimum atomic E-state index is -0.214. The molecule has 0 radical (unpaired) electrons. The van der Waals surface area contributed by atoms with Gasteiger partial charge in [-0.2, -0.15) is 5.26 Å². The first-order chi connectivity index (χ1) is 7.81. The van der Waals surface area contributed by atoms with Crippen molar-refractivity contribution in [3.8, 4) is 17.6 Å². The molecule has 0 bridgehead atoms. The van der Waals surface area contributed by atoms with Crippen LogP contribution in [0.15, 0.2) is 18.2 Å². The maximum atomic E-state index is 11.6. The Morgan fingerprint density at radius 1 is 1.44 bits per heavy atom. The highest BCUT2D eigenvalue weighted by Gasteiger charge is 2.15. The normalized spacial score (nSPS) is 11.9. The van der Waals surface area contributed by atoms with Gasteiger partial charge in [-0.3, -0.25) is 4.79 Å². The molecule has 0 spiro atoms. The van der Waals surface area contributed by atoms with Crippen LogP contribution < -0.4 is 14.8 Å². The Labute approximate surface area is 92.6 Å². The van der Waals surface area contributed by atoms with Crippen LogP contribution in [-0.2, 0) is 0 Å². The van der Waals surface area contributed by atoms with Crippen molar-refractivity contribution in [2.75, 3.05) is 13.3 Å². The number of hydrogen-bond acceptors (Lipinski definition) is 4. The first-order valence-corrected chi connectivity index (χ1v) is 4.86. The molecule has 1 aliphatic rings. The Morgan fingerprint density at radius 3 is 3.06 bits per heavy atom. The molecule has 0 unspecified atom stereocenters. The summed E-state index contributed by atoms with van der Waals surface area (Å²) < 4.78 is 10.3. The van der Waals surface area contributed by atoms with E-state index in [1.807, 2.05) is 6.07 Å². The number of amides is 1. The van der Waals surface area contributed by atoms with Gasteiger partial charge < -0.3 is 14.8 Å². The standard InChI is InChI=1S/C11H10N2O3/c12-4-1-5-13-11(14)8-2-3-9-10(6-8)16-7-15-9/h2-3,6H,1,5,7H2,(H,13,14). The fraction of sp³-hybridized carbons (Fsp3) is 0.273. The quantitative estimate of drug-likeness (QED) is 0.770. The molecule has 0 aromatic heterocycles. The third kappa shape index (κ3) is 2.06. The van der Waals surface area contributed by atoms with Crippen LogP contribution in [0.2, 0.25) is 0 Å². The molecule has 1 N–H and O–H groups in total. The van der Waals surface area contributed by atoms with Crippen molar-refractivity contribution in [1.29, 1.82) is 5.26 Å². The number of benzene rings is 1. The van der Waals surface area contributed by atoms with E-state index in [1.165, 1.54) is 0 Å². The van der Waals surface area contributed by atoms with Gasteiger partial charge in [-0.15, -0.1) is 0 Å². The van der Waals surface area contributed by atoms with Crippen molar-refractivity contribution in [3.63, 3.8) is 0 Å². The number of rotatable bonds is 3. The number of nitriles is 1. The lowest BCUT2D eigenvalue weighted by Gasteiger charge is -2.03. The van der Waals surface area contributed by atoms with E-state index >= 15 is 0 Å². The molecule has 16 heavy (non-hydrogen) atoms. The summed E-state index contributed by atoms with van der Waals surface area (Å²) in [6.07, 6.45) is 0.302. The molecule has 1 aromatic rings. The number of nitrogens with one attached hydrogen (secondary N) is 1. The van der Waals surface area contributed by atoms with Gasteiger partial charge in [-0.25, -0.2) is 0 Å². The predicted molar refractivity (Wildman–Crippen MR) is 55.1 cm³/mol. The zero-order valence-corrected chi connectivity index (χ0v) is 8.53. The van der Waals surface area contributed by atoms with Crippen LogP contribution in [0.3, 0.4) is 0 Å². The maximum Gasteiger partial charge on any atom is 0.251 e. The highest BCUT2D eigenvalue weighted by Crippen LogP contribution is 2.32. The summed E-state index contributed by atoms with van der Waals surface area (Å²) in [6, 6.07) is 6.94. The van der Waals surface area contributed by atoms with Crippen molar-refractivity contribution in [3.05, 3.63) is 23.8 Å². The molecule has 5 heteroatoms. The molecule has 0 atom stereocenters. The Hall–Kier alpha value is -2.22. The van der Waals surface area contributed by atoms with Crippen LogP contribution in [0, 0.1) is 11.3 Å². The Kier molecular flexibility index (Phi) is 2.92. The average Bonchev–Trinajstić information content (AvgIpc) is 2.76. The van der Waals surface area contributed by atoms with E-state index in [0.717, 1.165) is 0 Å². The molecule has 0 aliphatic carbocycles. The van der Waals surface area contributed by atoms with Crippen molar-refractivity contribution in [2.45, 2.75) is 6.42 Å². The van der Waals surface area contributed by atoms with E-state index in [0.29, 0.717) is 30.0 Å². The van der Waals surface area contributed by atoms with Gasteiger partial charge in [0.15, 0.2) is 11.5 Å². The van der Waals surface area contributed by atoms with Crippen LogP contribution in [0.5, 0.6) is 11.5 Å². The summed E-state index contributed by atoms with van der Waals surface area (Å²) in [5, 5.41) is 11.0. The number of fused-ring (bicyclic) bond motifs is 1. The van der Waals surface area contributed by atoms with E-state index in [-0.39, 0.29) is 12.7 Å². The fourth-order valence-electron chi connectivity index (χ4n) is 1.37. The summed E-state index contributed by atoms with van der Waals surface area (Å²) in [6.45, 7) is 0.540. The molecule has 1 heterocycles. The molecule has 82 valence electrons. The third-order valence-corrected chi connectivity index (χ3v) is 2.16. The zero-order valence-electron chi connectivity index (χ0n) is 8.53. The Morgan fingerprint density at radius 2 is 2.25 bits per heavy atom. The summed E-state index contributed by atoms with van der Waals surface area (Å²) in [5.74, 6) is 1.01. The number of hydrogen-bond donors (Lipinski definition) is 1. The van der Waals surface area contributed by atoms with Gasteiger partial charge in [0, 0.05) is 12.1 Å². The molecule has 5 nitrogen and oxygen atoms in total. The molecule has 1 aliphatic heterocycles. The lowest BCUT2D eigenvalue weighted by molar-refractivity contribution is 0.0954. The average molecular weight is 218 g/mol. The van der Waals surface area contributed by atoms with E-state index in [9.17, 15) is 4.79 Å². The zero-order chi connectivity index (χ0) is 11.4. The third-order valence-electron chi connectivity index (χ3n) is 2.16. The number of carbonyl (C=O) groups excluding carboxylic acids is 1. The van der Waals surface area contributed by atoms with Crippen LogP contribution in [0.25, 0.3) is 0 Å². The van der Waals surface area contributed by atoms with Crippen molar-refractivity contribution in [1.82, 2.24) is 5.32 Å². The van der Waals surface area contributed by atoms with Crippen LogP contribution >= 0.6 is 0 Å². The van der Waals surface area contributed by atoms with Gasteiger partial charge in [0.05, 0.1) is 12.5 Å². The molecule has 0 saturated heterocycles. The topological polar surface area (TPSA) is 71.4 Å². The number of nitrogens with zero attached hydrogens (tertiary/aromatic N) is 1. The van der Waals surface area contributed by atoms with Gasteiger partial charge in [0.2, 0.25) is 6.79 Å². The van der Waals surface area contributed by atoms with Crippen molar-refractivity contribution >= 4 is 5.91 Å². The second kappa shape index (κ2) is 4.53. The lowest BCUT2D eigenvalue weighted by Crippen LogP contribution is -2.24. The minimum Gasteiger partial charge on any atom is -0.454 e. The molecular formula is C11H10N2O3. The van der Waals surface area contributed by atoms with Crippen LogP contribution in [0.4, 0.5) is 0 Å².